The number of hydrogen-bond donors (Lipinski definition) is 3. The summed E-state index contributed by atoms with van der Waals surface area (Å²) in [4.78, 5) is 20.9. The van der Waals surface area contributed by atoms with Crippen molar-refractivity contribution in [3.63, 3.8) is 0 Å². The second kappa shape index (κ2) is 6.49. The number of nitro benzene ring substituents is 1. The number of carboxylic acid groups (broad SMARTS) is 1. The summed E-state index contributed by atoms with van der Waals surface area (Å²) in [6.45, 7) is 3.29. The van der Waals surface area contributed by atoms with Gasteiger partial charge in [0, 0.05) is 0 Å². The molecule has 0 unspecified atom stereocenters. The molecule has 0 aliphatic rings. The molecule has 7 nitrogen and oxygen atoms in total. The van der Waals surface area contributed by atoms with Crippen LogP contribution in [0.4, 0.5) is 15.8 Å². The van der Waals surface area contributed by atoms with Gasteiger partial charge < -0.3 is 15.5 Å². The highest BCUT2D eigenvalue weighted by Gasteiger charge is 2.29. The Morgan fingerprint density at radius 2 is 2.00 bits per heavy atom. The third-order valence-electron chi connectivity index (χ3n) is 3.57. The first kappa shape index (κ1) is 16.8. The van der Waals surface area contributed by atoms with E-state index in [1.165, 1.54) is 0 Å². The minimum atomic E-state index is -1.52. The number of nitrogens with one attached hydrogen (secondary N) is 1. The van der Waals surface area contributed by atoms with Gasteiger partial charge in [-0.1, -0.05) is 13.8 Å². The van der Waals surface area contributed by atoms with Crippen molar-refractivity contribution >= 4 is 17.3 Å². The Balaban J connectivity index is 3.35. The van der Waals surface area contributed by atoms with Crippen LogP contribution in [0.2, 0.25) is 0 Å². The maximum atomic E-state index is 14.0. The van der Waals surface area contributed by atoms with Crippen LogP contribution in [0.15, 0.2) is 12.1 Å². The van der Waals surface area contributed by atoms with Crippen LogP contribution in [0.1, 0.15) is 37.0 Å². The lowest BCUT2D eigenvalue weighted by atomic mass is 9.93. The SMILES string of the molecule is CCC(CC)(CO)Nc1cc(C(=O)O)c([N+](=O)[O-])cc1F. The number of aromatic carboxylic acids is 1. The molecule has 0 aliphatic carbocycles. The zero-order valence-electron chi connectivity index (χ0n) is 11.7. The fourth-order valence-electron chi connectivity index (χ4n) is 1.96. The second-order valence-corrected chi connectivity index (χ2v) is 4.68. The molecule has 0 heterocycles. The first-order chi connectivity index (χ1) is 9.80. The summed E-state index contributed by atoms with van der Waals surface area (Å²) in [5, 5.41) is 32.0. The average molecular weight is 300 g/mol. The predicted molar refractivity (Wildman–Crippen MR) is 74.0 cm³/mol. The maximum absolute atomic E-state index is 14.0. The highest BCUT2D eigenvalue weighted by Crippen LogP contribution is 2.30. The van der Waals surface area contributed by atoms with Crippen LogP contribution in [0.3, 0.4) is 0 Å². The van der Waals surface area contributed by atoms with Gasteiger partial charge in [-0.3, -0.25) is 10.1 Å². The normalized spacial score (nSPS) is 11.2. The largest absolute Gasteiger partial charge is 0.477 e. The molecular formula is C13H17FN2O5. The van der Waals surface area contributed by atoms with Crippen molar-refractivity contribution in [1.82, 2.24) is 0 Å². The van der Waals surface area contributed by atoms with Crippen molar-refractivity contribution in [2.75, 3.05) is 11.9 Å². The van der Waals surface area contributed by atoms with Crippen LogP contribution in [-0.2, 0) is 0 Å². The van der Waals surface area contributed by atoms with E-state index in [1.807, 2.05) is 0 Å². The summed E-state index contributed by atoms with van der Waals surface area (Å²) in [6, 6.07) is 1.45. The summed E-state index contributed by atoms with van der Waals surface area (Å²) in [5.41, 5.74) is -2.42. The number of carboxylic acids is 1. The second-order valence-electron chi connectivity index (χ2n) is 4.68. The molecule has 0 radical (unpaired) electrons. The van der Waals surface area contributed by atoms with Gasteiger partial charge in [0.25, 0.3) is 5.69 Å². The number of rotatable bonds is 7. The van der Waals surface area contributed by atoms with E-state index < -0.39 is 33.5 Å². The highest BCUT2D eigenvalue weighted by atomic mass is 19.1. The molecule has 0 saturated heterocycles. The van der Waals surface area contributed by atoms with Gasteiger partial charge in [0.1, 0.15) is 5.56 Å². The molecule has 0 spiro atoms. The number of anilines is 1. The summed E-state index contributed by atoms with van der Waals surface area (Å²) in [5.74, 6) is -2.46. The highest BCUT2D eigenvalue weighted by molar-refractivity contribution is 5.93. The van der Waals surface area contributed by atoms with Crippen LogP contribution >= 0.6 is 0 Å². The van der Waals surface area contributed by atoms with Crippen molar-refractivity contribution in [3.8, 4) is 0 Å². The zero-order chi connectivity index (χ0) is 16.2. The molecule has 0 aromatic heterocycles. The molecule has 3 N–H and O–H groups in total. The van der Waals surface area contributed by atoms with Crippen molar-refractivity contribution in [1.29, 1.82) is 0 Å². The minimum absolute atomic E-state index is 0.184. The molecule has 1 aromatic carbocycles. The lowest BCUT2D eigenvalue weighted by Crippen LogP contribution is -2.41. The van der Waals surface area contributed by atoms with Gasteiger partial charge in [-0.15, -0.1) is 0 Å². The quantitative estimate of drug-likeness (QED) is 0.526. The van der Waals surface area contributed by atoms with E-state index in [0.717, 1.165) is 6.07 Å². The van der Waals surface area contributed by atoms with Crippen molar-refractivity contribution in [2.24, 2.45) is 0 Å². The summed E-state index contributed by atoms with van der Waals surface area (Å²) < 4.78 is 14.0. The summed E-state index contributed by atoms with van der Waals surface area (Å²) in [7, 11) is 0. The van der Waals surface area contributed by atoms with Crippen LogP contribution < -0.4 is 5.32 Å². The van der Waals surface area contributed by atoms with Crippen LogP contribution in [0.5, 0.6) is 0 Å². The molecule has 8 heteroatoms. The van der Waals surface area contributed by atoms with E-state index in [2.05, 4.69) is 5.32 Å². The van der Waals surface area contributed by atoms with E-state index in [-0.39, 0.29) is 12.3 Å². The molecule has 0 fully saturated rings. The van der Waals surface area contributed by atoms with E-state index >= 15 is 0 Å². The number of carbonyl (C=O) groups is 1. The van der Waals surface area contributed by atoms with Crippen molar-refractivity contribution < 1.29 is 24.3 Å². The Morgan fingerprint density at radius 3 is 2.38 bits per heavy atom. The molecular weight excluding hydrogens is 283 g/mol. The van der Waals surface area contributed by atoms with E-state index in [0.29, 0.717) is 18.9 Å². The predicted octanol–water partition coefficient (Wildman–Crippen LogP) is 2.40. The number of hydrogen-bond acceptors (Lipinski definition) is 5. The molecule has 1 aromatic rings. The van der Waals surface area contributed by atoms with Crippen molar-refractivity contribution in [3.05, 3.63) is 33.6 Å². The number of aliphatic hydroxyl groups excluding tert-OH is 1. The number of nitro groups is 1. The molecule has 0 atom stereocenters. The van der Waals surface area contributed by atoms with E-state index in [4.69, 9.17) is 5.11 Å². The summed E-state index contributed by atoms with van der Waals surface area (Å²) in [6.07, 6.45) is 0.942. The Bertz CT molecular complexity index is 549. The molecule has 116 valence electrons. The smallest absolute Gasteiger partial charge is 0.342 e. The molecule has 21 heavy (non-hydrogen) atoms. The fraction of sp³-hybridized carbons (Fsp3) is 0.462. The van der Waals surface area contributed by atoms with Crippen LogP contribution in [0, 0.1) is 15.9 Å². The fourth-order valence-corrected chi connectivity index (χ4v) is 1.96. The lowest BCUT2D eigenvalue weighted by molar-refractivity contribution is -0.385. The first-order valence-corrected chi connectivity index (χ1v) is 6.40. The van der Waals surface area contributed by atoms with Gasteiger partial charge in [-0.25, -0.2) is 9.18 Å². The lowest BCUT2D eigenvalue weighted by Gasteiger charge is -2.32. The van der Waals surface area contributed by atoms with E-state index in [1.54, 1.807) is 13.8 Å². The molecule has 0 bridgehead atoms. The Labute approximate surface area is 120 Å². The van der Waals surface area contributed by atoms with Crippen LogP contribution in [-0.4, -0.2) is 33.3 Å². The van der Waals surface area contributed by atoms with Crippen LogP contribution in [0.25, 0.3) is 0 Å². The minimum Gasteiger partial charge on any atom is -0.477 e. The number of aliphatic hydroxyl groups is 1. The van der Waals surface area contributed by atoms with Crippen molar-refractivity contribution in [2.45, 2.75) is 32.2 Å². The van der Waals surface area contributed by atoms with Gasteiger partial charge in [-0.05, 0) is 18.9 Å². The first-order valence-electron chi connectivity index (χ1n) is 6.40. The Morgan fingerprint density at radius 1 is 1.43 bits per heavy atom. The topological polar surface area (TPSA) is 113 Å². The molecule has 0 saturated carbocycles. The number of halogens is 1. The number of nitrogens with zero attached hydrogens (tertiary/aromatic N) is 1. The Kier molecular flexibility index (Phi) is 5.20. The van der Waals surface area contributed by atoms with Gasteiger partial charge in [0.2, 0.25) is 0 Å². The standard InChI is InChI=1S/C13H17FN2O5/c1-3-13(4-2,7-17)15-10-5-8(12(18)19)11(16(20)21)6-9(10)14/h5-6,15,17H,3-4,7H2,1-2H3,(H,18,19). The zero-order valence-corrected chi connectivity index (χ0v) is 11.7. The maximum Gasteiger partial charge on any atom is 0.342 e. The van der Waals surface area contributed by atoms with Gasteiger partial charge in [0.15, 0.2) is 5.82 Å². The van der Waals surface area contributed by atoms with Gasteiger partial charge in [-0.2, -0.15) is 0 Å². The molecule has 0 amide bonds. The van der Waals surface area contributed by atoms with Gasteiger partial charge in [0.05, 0.1) is 28.8 Å². The monoisotopic (exact) mass is 300 g/mol. The number of benzene rings is 1. The molecule has 0 aliphatic heterocycles. The van der Waals surface area contributed by atoms with Gasteiger partial charge >= 0.3 is 5.97 Å². The third-order valence-corrected chi connectivity index (χ3v) is 3.57. The average Bonchev–Trinajstić information content (AvgIpc) is 2.45. The summed E-state index contributed by atoms with van der Waals surface area (Å²) >= 11 is 0. The Hall–Kier alpha value is -2.22. The third kappa shape index (κ3) is 3.46. The molecule has 1 rings (SSSR count). The van der Waals surface area contributed by atoms with E-state index in [9.17, 15) is 24.4 Å².